The number of aliphatic carboxylic acids is 2. The van der Waals surface area contributed by atoms with Crippen molar-refractivity contribution in [3.8, 4) is 11.5 Å². The Balaban J connectivity index is 0.000000678. The summed E-state index contributed by atoms with van der Waals surface area (Å²) in [5.74, 6) is -2.22. The Morgan fingerprint density at radius 1 is 0.806 bits per heavy atom. The maximum Gasteiger partial charge on any atom is 0.414 e. The molecule has 36 heavy (non-hydrogen) atoms. The lowest BCUT2D eigenvalue weighted by atomic mass is 10.0. The Kier molecular flexibility index (Phi) is 12.5. The number of benzene rings is 3. The number of hydrogen-bond donors (Lipinski definition) is 4. The van der Waals surface area contributed by atoms with Gasteiger partial charge in [0.25, 0.3) is 0 Å². The number of carboxylic acid groups (broad SMARTS) is 2. The number of carboxylic acids is 2. The minimum Gasteiger partial charge on any atom is -0.493 e. The van der Waals surface area contributed by atoms with E-state index in [1.54, 1.807) is 7.11 Å². The third-order valence-electron chi connectivity index (χ3n) is 4.90. The van der Waals surface area contributed by atoms with Crippen LogP contribution in [0.3, 0.4) is 0 Å². The Bertz CT molecular complexity index is 994. The van der Waals surface area contributed by atoms with Gasteiger partial charge in [0.1, 0.15) is 12.7 Å². The predicted octanol–water partition coefficient (Wildman–Crippen LogP) is 2.99. The fourth-order valence-corrected chi connectivity index (χ4v) is 3.19. The molecule has 1 atom stereocenters. The van der Waals surface area contributed by atoms with E-state index in [-0.39, 0.29) is 18.8 Å². The van der Waals surface area contributed by atoms with Crippen LogP contribution in [0.2, 0.25) is 0 Å². The van der Waals surface area contributed by atoms with E-state index in [0.29, 0.717) is 31.2 Å². The van der Waals surface area contributed by atoms with E-state index in [9.17, 15) is 5.11 Å². The van der Waals surface area contributed by atoms with E-state index in [0.717, 1.165) is 11.1 Å². The van der Waals surface area contributed by atoms with Crippen LogP contribution in [-0.4, -0.2) is 66.8 Å². The van der Waals surface area contributed by atoms with Crippen LogP contribution >= 0.6 is 0 Å². The summed E-state index contributed by atoms with van der Waals surface area (Å²) in [5.41, 5.74) is 2.11. The Labute approximate surface area is 209 Å². The van der Waals surface area contributed by atoms with Gasteiger partial charge < -0.3 is 34.8 Å². The number of methoxy groups -OCH3 is 1. The highest BCUT2D eigenvalue weighted by molar-refractivity contribution is 6.27. The largest absolute Gasteiger partial charge is 0.493 e. The molecule has 0 bridgehead atoms. The van der Waals surface area contributed by atoms with E-state index >= 15 is 0 Å². The monoisotopic (exact) mass is 497 g/mol. The first-order chi connectivity index (χ1) is 17.5. The highest BCUT2D eigenvalue weighted by Gasteiger charge is 2.19. The summed E-state index contributed by atoms with van der Waals surface area (Å²) in [6.07, 6.45) is -0.585. The number of rotatable bonds is 12. The molecule has 0 radical (unpaired) electrons. The third-order valence-corrected chi connectivity index (χ3v) is 4.90. The molecule has 192 valence electrons. The first-order valence-electron chi connectivity index (χ1n) is 11.2. The van der Waals surface area contributed by atoms with Crippen LogP contribution in [0.15, 0.2) is 84.9 Å². The summed E-state index contributed by atoms with van der Waals surface area (Å²) in [4.78, 5) is 18.2. The average molecular weight is 498 g/mol. The van der Waals surface area contributed by atoms with Crippen molar-refractivity contribution in [3.63, 3.8) is 0 Å². The second-order valence-electron chi connectivity index (χ2n) is 7.46. The van der Waals surface area contributed by atoms with Crippen molar-refractivity contribution in [1.29, 1.82) is 0 Å². The van der Waals surface area contributed by atoms with Crippen molar-refractivity contribution in [2.45, 2.75) is 12.2 Å². The lowest BCUT2D eigenvalue weighted by molar-refractivity contribution is -0.159. The summed E-state index contributed by atoms with van der Waals surface area (Å²) in [6.45, 7) is 1.55. The molecule has 0 saturated carbocycles. The number of nitrogens with one attached hydrogen (secondary N) is 1. The van der Waals surface area contributed by atoms with Crippen LogP contribution in [0.1, 0.15) is 17.2 Å². The Morgan fingerprint density at radius 2 is 1.31 bits per heavy atom. The summed E-state index contributed by atoms with van der Waals surface area (Å²) in [5, 5.41) is 27.9. The molecule has 0 aromatic heterocycles. The number of para-hydroxylation sites is 2. The first kappa shape index (κ1) is 28.3. The number of hydrogen-bond acceptors (Lipinski definition) is 7. The van der Waals surface area contributed by atoms with Crippen molar-refractivity contribution in [3.05, 3.63) is 96.1 Å². The quantitative estimate of drug-likeness (QED) is 0.220. The van der Waals surface area contributed by atoms with Gasteiger partial charge >= 0.3 is 11.9 Å². The Hall–Kier alpha value is -3.92. The first-order valence-corrected chi connectivity index (χ1v) is 11.2. The fourth-order valence-electron chi connectivity index (χ4n) is 3.19. The summed E-state index contributed by atoms with van der Waals surface area (Å²) >= 11 is 0. The second kappa shape index (κ2) is 15.9. The van der Waals surface area contributed by atoms with Gasteiger partial charge in [-0.15, -0.1) is 0 Å². The van der Waals surface area contributed by atoms with Crippen molar-refractivity contribution in [2.24, 2.45) is 0 Å². The van der Waals surface area contributed by atoms with E-state index in [1.165, 1.54) is 0 Å². The summed E-state index contributed by atoms with van der Waals surface area (Å²) in [7, 11) is 1.62. The summed E-state index contributed by atoms with van der Waals surface area (Å²) in [6, 6.07) is 27.7. The van der Waals surface area contributed by atoms with Crippen LogP contribution in [0.25, 0.3) is 0 Å². The van der Waals surface area contributed by atoms with Gasteiger partial charge in [0, 0.05) is 13.1 Å². The molecule has 9 heteroatoms. The molecule has 0 heterocycles. The molecule has 1 unspecified atom stereocenters. The maximum absolute atomic E-state index is 9.86. The zero-order valence-electron chi connectivity index (χ0n) is 19.9. The van der Waals surface area contributed by atoms with Crippen LogP contribution in [0, 0.1) is 0 Å². The number of ether oxygens (including phenoxy) is 3. The SMILES string of the molecule is COc1ccccc1OCCNCC(CO)OC(c1ccccc1)c1ccccc1.O=C(O)C(=O)O. The standard InChI is InChI=1S/C25H29NO4.C2H2O4/c1-28-23-14-8-9-15-24(23)29-17-16-26-18-22(19-27)30-25(20-10-4-2-5-11-20)21-12-6-3-7-13-21;3-1(4)2(5)6/h2-15,22,25-27H,16-19H2,1H3;(H,3,4)(H,5,6). The van der Waals surface area contributed by atoms with E-state index in [2.05, 4.69) is 5.32 Å². The van der Waals surface area contributed by atoms with Crippen LogP contribution in [-0.2, 0) is 14.3 Å². The van der Waals surface area contributed by atoms with E-state index in [1.807, 2.05) is 84.9 Å². The molecule has 0 spiro atoms. The lowest BCUT2D eigenvalue weighted by Gasteiger charge is -2.25. The molecule has 0 amide bonds. The van der Waals surface area contributed by atoms with Gasteiger partial charge in [-0.3, -0.25) is 0 Å². The molecule has 0 aliphatic heterocycles. The molecular weight excluding hydrogens is 466 g/mol. The third kappa shape index (κ3) is 9.75. The van der Waals surface area contributed by atoms with Gasteiger partial charge in [0.05, 0.1) is 19.8 Å². The normalized spacial score (nSPS) is 11.2. The Morgan fingerprint density at radius 3 is 1.78 bits per heavy atom. The minimum absolute atomic E-state index is 0.0729. The van der Waals surface area contributed by atoms with Gasteiger partial charge in [-0.25, -0.2) is 9.59 Å². The molecule has 0 fully saturated rings. The van der Waals surface area contributed by atoms with Gasteiger partial charge in [0.2, 0.25) is 0 Å². The topological polar surface area (TPSA) is 135 Å². The molecule has 3 rings (SSSR count). The van der Waals surface area contributed by atoms with Crippen molar-refractivity contribution >= 4 is 11.9 Å². The lowest BCUT2D eigenvalue weighted by Crippen LogP contribution is -2.35. The molecule has 0 aliphatic rings. The van der Waals surface area contributed by atoms with Crippen molar-refractivity contribution in [1.82, 2.24) is 5.32 Å². The average Bonchev–Trinajstić information content (AvgIpc) is 2.91. The molecule has 0 aliphatic carbocycles. The highest BCUT2D eigenvalue weighted by atomic mass is 16.5. The van der Waals surface area contributed by atoms with Crippen molar-refractivity contribution < 1.29 is 39.1 Å². The zero-order valence-corrected chi connectivity index (χ0v) is 19.9. The number of aliphatic hydroxyl groups is 1. The molecular formula is C27H31NO8. The highest BCUT2D eigenvalue weighted by Crippen LogP contribution is 2.27. The molecule has 9 nitrogen and oxygen atoms in total. The van der Waals surface area contributed by atoms with Crippen LogP contribution in [0.5, 0.6) is 11.5 Å². The van der Waals surface area contributed by atoms with Gasteiger partial charge in [-0.05, 0) is 23.3 Å². The minimum atomic E-state index is -1.82. The molecule has 3 aromatic rings. The van der Waals surface area contributed by atoms with E-state index in [4.69, 9.17) is 34.0 Å². The molecule has 0 saturated heterocycles. The van der Waals surface area contributed by atoms with Crippen LogP contribution in [0.4, 0.5) is 0 Å². The molecule has 3 aromatic carbocycles. The number of carbonyl (C=O) groups is 2. The van der Waals surface area contributed by atoms with Gasteiger partial charge in [0.15, 0.2) is 11.5 Å². The predicted molar refractivity (Wildman–Crippen MR) is 133 cm³/mol. The fraction of sp³-hybridized carbons (Fsp3) is 0.259. The zero-order chi connectivity index (χ0) is 26.2. The van der Waals surface area contributed by atoms with Crippen LogP contribution < -0.4 is 14.8 Å². The van der Waals surface area contributed by atoms with Gasteiger partial charge in [-0.1, -0.05) is 72.8 Å². The molecule has 4 N–H and O–H groups in total. The summed E-state index contributed by atoms with van der Waals surface area (Å²) < 4.78 is 17.4. The smallest absolute Gasteiger partial charge is 0.414 e. The van der Waals surface area contributed by atoms with Gasteiger partial charge in [-0.2, -0.15) is 0 Å². The number of aliphatic hydroxyl groups excluding tert-OH is 1. The second-order valence-corrected chi connectivity index (χ2v) is 7.46. The maximum atomic E-state index is 9.86. The van der Waals surface area contributed by atoms with Crippen molar-refractivity contribution in [2.75, 3.05) is 33.4 Å². The van der Waals surface area contributed by atoms with E-state index < -0.39 is 11.9 Å².